The zero-order chi connectivity index (χ0) is 20.8. The Morgan fingerprint density at radius 3 is 2.66 bits per heavy atom. The van der Waals surface area contributed by atoms with Crippen LogP contribution in [-0.2, 0) is 4.79 Å². The number of aromatic nitrogens is 2. The largest absolute Gasteiger partial charge is 0.348 e. The average Bonchev–Trinajstić information content (AvgIpc) is 3.34. The Labute approximate surface area is 173 Å². The van der Waals surface area contributed by atoms with Crippen molar-refractivity contribution in [2.45, 2.75) is 58.4 Å². The first-order valence-electron chi connectivity index (χ1n) is 10.8. The molecule has 1 saturated heterocycles. The lowest BCUT2D eigenvalue weighted by Gasteiger charge is -2.41. The fourth-order valence-corrected chi connectivity index (χ4v) is 4.98. The molecule has 0 bridgehead atoms. The second kappa shape index (κ2) is 7.24. The highest BCUT2D eigenvalue weighted by atomic mass is 16.2. The second-order valence-electron chi connectivity index (χ2n) is 10.00. The second-order valence-corrected chi connectivity index (χ2v) is 10.00. The molecular formula is C22H32N6O. The number of rotatable bonds is 5. The van der Waals surface area contributed by atoms with Gasteiger partial charge in [-0.1, -0.05) is 27.7 Å². The van der Waals surface area contributed by atoms with Crippen molar-refractivity contribution < 1.29 is 4.79 Å². The maximum atomic E-state index is 12.2. The minimum atomic E-state index is 0.0635. The van der Waals surface area contributed by atoms with Crippen LogP contribution in [0.25, 0.3) is 0 Å². The third-order valence-corrected chi connectivity index (χ3v) is 6.43. The van der Waals surface area contributed by atoms with Crippen LogP contribution in [-0.4, -0.2) is 70.5 Å². The summed E-state index contributed by atoms with van der Waals surface area (Å²) in [5.74, 6) is 1.95. The van der Waals surface area contributed by atoms with E-state index in [0.717, 1.165) is 57.9 Å². The first-order valence-corrected chi connectivity index (χ1v) is 10.8. The van der Waals surface area contributed by atoms with E-state index in [4.69, 9.17) is 0 Å². The van der Waals surface area contributed by atoms with Crippen LogP contribution < -0.4 is 4.90 Å². The van der Waals surface area contributed by atoms with Gasteiger partial charge in [0.2, 0.25) is 11.7 Å². The van der Waals surface area contributed by atoms with Crippen LogP contribution in [0, 0.1) is 16.7 Å². The summed E-state index contributed by atoms with van der Waals surface area (Å²) in [7, 11) is 0. The Bertz CT molecular complexity index is 833. The van der Waals surface area contributed by atoms with E-state index in [0.29, 0.717) is 12.3 Å². The van der Waals surface area contributed by atoms with E-state index in [1.165, 1.54) is 5.56 Å². The molecule has 156 valence electrons. The van der Waals surface area contributed by atoms with Crippen molar-refractivity contribution in [2.24, 2.45) is 5.41 Å². The van der Waals surface area contributed by atoms with Gasteiger partial charge in [0.1, 0.15) is 11.9 Å². The molecule has 1 aliphatic carbocycles. The summed E-state index contributed by atoms with van der Waals surface area (Å²) in [6.45, 7) is 14.2. The van der Waals surface area contributed by atoms with Crippen molar-refractivity contribution in [3.05, 3.63) is 17.6 Å². The van der Waals surface area contributed by atoms with E-state index in [1.54, 1.807) is 0 Å². The molecule has 7 nitrogen and oxygen atoms in total. The van der Waals surface area contributed by atoms with Crippen molar-refractivity contribution in [2.75, 3.05) is 44.2 Å². The van der Waals surface area contributed by atoms with Crippen LogP contribution >= 0.6 is 0 Å². The SMILES string of the molecule is CCCC(=O)N1CCN(CC23CC2c2cnc(C#N)nc2N3CC(C)(C)C)CC1. The number of anilines is 1. The van der Waals surface area contributed by atoms with Crippen molar-refractivity contribution in [1.29, 1.82) is 5.26 Å². The van der Waals surface area contributed by atoms with Crippen molar-refractivity contribution in [3.8, 4) is 6.07 Å². The van der Waals surface area contributed by atoms with E-state index in [2.05, 4.69) is 53.5 Å². The molecule has 1 saturated carbocycles. The molecule has 3 heterocycles. The van der Waals surface area contributed by atoms with Gasteiger partial charge in [0.25, 0.3) is 0 Å². The molecule has 1 aromatic rings. The quantitative estimate of drug-likeness (QED) is 0.761. The lowest BCUT2D eigenvalue weighted by atomic mass is 9.95. The Kier molecular flexibility index (Phi) is 5.02. The molecule has 0 N–H and O–H groups in total. The highest BCUT2D eigenvalue weighted by Crippen LogP contribution is 2.64. The lowest BCUT2D eigenvalue weighted by molar-refractivity contribution is -0.133. The molecule has 2 unspecified atom stereocenters. The first kappa shape index (κ1) is 20.1. The van der Waals surface area contributed by atoms with Gasteiger partial charge in [0, 0.05) is 63.4 Å². The first-order chi connectivity index (χ1) is 13.8. The molecule has 0 aromatic carbocycles. The lowest BCUT2D eigenvalue weighted by Crippen LogP contribution is -2.54. The molecule has 0 radical (unpaired) electrons. The third-order valence-electron chi connectivity index (χ3n) is 6.43. The van der Waals surface area contributed by atoms with Gasteiger partial charge < -0.3 is 9.80 Å². The fourth-order valence-electron chi connectivity index (χ4n) is 4.98. The van der Waals surface area contributed by atoms with Gasteiger partial charge in [-0.15, -0.1) is 0 Å². The monoisotopic (exact) mass is 396 g/mol. The van der Waals surface area contributed by atoms with Crippen LogP contribution in [0.1, 0.15) is 64.3 Å². The standard InChI is InChI=1S/C22H32N6O/c1-5-6-19(29)27-9-7-26(8-10-27)15-22-11-17(22)16-13-24-18(12-23)25-20(16)28(22)14-21(2,3)4/h13,17H,5-11,14-15H2,1-4H3. The number of carbonyl (C=O) groups is 1. The van der Waals surface area contributed by atoms with Crippen molar-refractivity contribution in [1.82, 2.24) is 19.8 Å². The topological polar surface area (TPSA) is 76.4 Å². The zero-order valence-electron chi connectivity index (χ0n) is 18.1. The summed E-state index contributed by atoms with van der Waals surface area (Å²) in [4.78, 5) is 28.0. The smallest absolute Gasteiger partial charge is 0.234 e. The molecule has 4 rings (SSSR count). The molecule has 29 heavy (non-hydrogen) atoms. The summed E-state index contributed by atoms with van der Waals surface area (Å²) < 4.78 is 0. The number of nitriles is 1. The third kappa shape index (κ3) is 3.71. The summed E-state index contributed by atoms with van der Waals surface area (Å²) in [5, 5.41) is 9.26. The van der Waals surface area contributed by atoms with Crippen LogP contribution in [0.2, 0.25) is 0 Å². The predicted octanol–water partition coefficient (Wildman–Crippen LogP) is 2.38. The van der Waals surface area contributed by atoms with Gasteiger partial charge in [-0.05, 0) is 18.3 Å². The fraction of sp³-hybridized carbons (Fsp3) is 0.727. The number of hydrogen-bond donors (Lipinski definition) is 0. The zero-order valence-corrected chi connectivity index (χ0v) is 18.1. The Morgan fingerprint density at radius 1 is 1.31 bits per heavy atom. The van der Waals surface area contributed by atoms with Crippen LogP contribution in [0.4, 0.5) is 5.82 Å². The predicted molar refractivity (Wildman–Crippen MR) is 112 cm³/mol. The van der Waals surface area contributed by atoms with Gasteiger partial charge in [0.05, 0.1) is 5.54 Å². The number of amides is 1. The number of fused-ring (bicyclic) bond motifs is 3. The van der Waals surface area contributed by atoms with E-state index in [9.17, 15) is 10.1 Å². The summed E-state index contributed by atoms with van der Waals surface area (Å²) in [5.41, 5.74) is 1.39. The van der Waals surface area contributed by atoms with Crippen LogP contribution in [0.15, 0.2) is 6.20 Å². The number of piperazine rings is 1. The van der Waals surface area contributed by atoms with Crippen LogP contribution in [0.5, 0.6) is 0 Å². The van der Waals surface area contributed by atoms with E-state index < -0.39 is 0 Å². The highest BCUT2D eigenvalue weighted by Gasteiger charge is 2.66. The van der Waals surface area contributed by atoms with Gasteiger partial charge in [-0.3, -0.25) is 9.69 Å². The summed E-state index contributed by atoms with van der Waals surface area (Å²) >= 11 is 0. The molecule has 1 aromatic heterocycles. The van der Waals surface area contributed by atoms with Gasteiger partial charge >= 0.3 is 0 Å². The van der Waals surface area contributed by atoms with Crippen LogP contribution in [0.3, 0.4) is 0 Å². The van der Waals surface area contributed by atoms with E-state index >= 15 is 0 Å². The van der Waals surface area contributed by atoms with E-state index in [1.807, 2.05) is 11.1 Å². The number of hydrogen-bond acceptors (Lipinski definition) is 6. The summed E-state index contributed by atoms with van der Waals surface area (Å²) in [6, 6.07) is 2.09. The van der Waals surface area contributed by atoms with Crippen molar-refractivity contribution in [3.63, 3.8) is 0 Å². The maximum Gasteiger partial charge on any atom is 0.234 e. The van der Waals surface area contributed by atoms with E-state index in [-0.39, 0.29) is 22.7 Å². The Balaban J connectivity index is 1.50. The summed E-state index contributed by atoms with van der Waals surface area (Å²) in [6.07, 6.45) is 4.56. The average molecular weight is 397 g/mol. The molecule has 2 aliphatic heterocycles. The molecule has 2 atom stereocenters. The Hall–Kier alpha value is -2.20. The number of nitrogens with zero attached hydrogens (tertiary/aromatic N) is 6. The normalized spacial score (nSPS) is 26.1. The molecule has 1 amide bonds. The molecule has 3 aliphatic rings. The number of carbonyl (C=O) groups excluding carboxylic acids is 1. The van der Waals surface area contributed by atoms with Gasteiger partial charge in [0.15, 0.2) is 0 Å². The minimum absolute atomic E-state index is 0.0635. The van der Waals surface area contributed by atoms with Gasteiger partial charge in [-0.2, -0.15) is 5.26 Å². The molecule has 0 spiro atoms. The van der Waals surface area contributed by atoms with Gasteiger partial charge in [-0.25, -0.2) is 9.97 Å². The molecule has 7 heteroatoms. The minimum Gasteiger partial charge on any atom is -0.348 e. The molecular weight excluding hydrogens is 364 g/mol. The molecule has 2 fully saturated rings. The highest BCUT2D eigenvalue weighted by molar-refractivity contribution is 5.76. The van der Waals surface area contributed by atoms with Crippen molar-refractivity contribution >= 4 is 11.7 Å². The maximum absolute atomic E-state index is 12.2. The Morgan fingerprint density at radius 2 is 2.03 bits per heavy atom.